The van der Waals surface area contributed by atoms with Crippen LogP contribution in [0.1, 0.15) is 20.8 Å². The quantitative estimate of drug-likeness (QED) is 0.662. The lowest BCUT2D eigenvalue weighted by Crippen LogP contribution is -2.48. The summed E-state index contributed by atoms with van der Waals surface area (Å²) in [5.41, 5.74) is 0.758. The second kappa shape index (κ2) is 3.59. The Kier molecular flexibility index (Phi) is 2.23. The number of nitrogens with zero attached hydrogens (tertiary/aromatic N) is 3. The fourth-order valence-electron chi connectivity index (χ4n) is 2.26. The van der Waals surface area contributed by atoms with Crippen LogP contribution in [0.25, 0.3) is 11.0 Å². The summed E-state index contributed by atoms with van der Waals surface area (Å²) in [5, 5.41) is 15.0. The fourth-order valence-corrected chi connectivity index (χ4v) is 2.26. The molecule has 1 aliphatic heterocycles. The molecule has 7 nitrogen and oxygen atoms in total. The minimum absolute atomic E-state index is 0.0875. The molecule has 0 fully saturated rings. The lowest BCUT2D eigenvalue weighted by atomic mass is 10.0. The van der Waals surface area contributed by atoms with Crippen LogP contribution >= 0.6 is 0 Å². The first-order valence-electron chi connectivity index (χ1n) is 5.88. The molecule has 0 saturated heterocycles. The van der Waals surface area contributed by atoms with Crippen molar-refractivity contribution in [3.63, 3.8) is 0 Å². The van der Waals surface area contributed by atoms with Crippen LogP contribution in [-0.2, 0) is 4.79 Å². The number of amides is 1. The van der Waals surface area contributed by atoms with Crippen molar-refractivity contribution in [2.45, 2.75) is 26.4 Å². The van der Waals surface area contributed by atoms with Gasteiger partial charge >= 0.3 is 0 Å². The van der Waals surface area contributed by atoms with Gasteiger partial charge in [-0.1, -0.05) is 0 Å². The summed E-state index contributed by atoms with van der Waals surface area (Å²) in [6, 6.07) is 3.17. The van der Waals surface area contributed by atoms with Gasteiger partial charge in [0.1, 0.15) is 11.4 Å². The zero-order valence-electron chi connectivity index (χ0n) is 10.8. The molecule has 1 aromatic heterocycles. The Morgan fingerprint density at radius 1 is 1.53 bits per heavy atom. The monoisotopic (exact) mass is 263 g/mol. The van der Waals surface area contributed by atoms with E-state index in [2.05, 4.69) is 9.79 Å². The van der Waals surface area contributed by atoms with E-state index in [9.17, 15) is 10.0 Å². The summed E-state index contributed by atoms with van der Waals surface area (Å²) in [6.07, 6.45) is 0. The molecule has 7 heteroatoms. The van der Waals surface area contributed by atoms with Gasteiger partial charge in [-0.15, -0.1) is 0 Å². The third-order valence-electron chi connectivity index (χ3n) is 3.06. The van der Waals surface area contributed by atoms with E-state index >= 15 is 0 Å². The van der Waals surface area contributed by atoms with Crippen molar-refractivity contribution in [1.82, 2.24) is 5.16 Å². The first kappa shape index (κ1) is 11.8. The van der Waals surface area contributed by atoms with Gasteiger partial charge in [-0.05, 0) is 18.8 Å². The highest BCUT2D eigenvalue weighted by molar-refractivity contribution is 5.96. The number of hydrogen-bond acceptors (Lipinski definition) is 5. The van der Waals surface area contributed by atoms with Gasteiger partial charge in [-0.3, -0.25) is 9.42 Å². The molecule has 1 aromatic carbocycles. The predicted molar refractivity (Wildman–Crippen MR) is 65.7 cm³/mol. The number of fused-ring (bicyclic) bond motifs is 2. The molecule has 3 rings (SSSR count). The van der Waals surface area contributed by atoms with E-state index in [0.717, 1.165) is 0 Å². The average Bonchev–Trinajstić information content (AvgIpc) is 2.66. The van der Waals surface area contributed by atoms with Crippen LogP contribution in [0.3, 0.4) is 0 Å². The van der Waals surface area contributed by atoms with Crippen molar-refractivity contribution in [3.8, 4) is 5.75 Å². The number of hydrogen-bond donors (Lipinski definition) is 0. The third-order valence-corrected chi connectivity index (χ3v) is 3.06. The lowest BCUT2D eigenvalue weighted by Gasteiger charge is -2.38. The van der Waals surface area contributed by atoms with Gasteiger partial charge in [-0.25, -0.2) is 0 Å². The fraction of sp³-hybridized carbons (Fsp3) is 0.417. The molecule has 0 bridgehead atoms. The summed E-state index contributed by atoms with van der Waals surface area (Å²) < 4.78 is 10.4. The molecular formula is C12H13N3O4. The predicted octanol–water partition coefficient (Wildman–Crippen LogP) is 0.985. The number of carbonyl (C=O) groups is 1. The number of carbonyl (C=O) groups excluding carboxylic acids is 1. The van der Waals surface area contributed by atoms with E-state index in [-0.39, 0.29) is 11.4 Å². The maximum atomic E-state index is 11.8. The van der Waals surface area contributed by atoms with Crippen LogP contribution in [0.2, 0.25) is 0 Å². The molecule has 0 radical (unpaired) electrons. The van der Waals surface area contributed by atoms with E-state index in [4.69, 9.17) is 4.74 Å². The number of aromatic nitrogens is 2. The smallest absolute Gasteiger partial charge is 0.250 e. The molecule has 19 heavy (non-hydrogen) atoms. The van der Waals surface area contributed by atoms with Gasteiger partial charge < -0.3 is 14.8 Å². The van der Waals surface area contributed by atoms with Gasteiger partial charge in [0, 0.05) is 24.2 Å². The van der Waals surface area contributed by atoms with Gasteiger partial charge in [0.05, 0.1) is 12.2 Å². The molecule has 0 N–H and O–H groups in total. The van der Waals surface area contributed by atoms with Crippen LogP contribution < -0.4 is 14.5 Å². The van der Waals surface area contributed by atoms with Gasteiger partial charge in [-0.2, -0.15) is 0 Å². The maximum Gasteiger partial charge on any atom is 0.250 e. The van der Waals surface area contributed by atoms with Crippen molar-refractivity contribution in [1.29, 1.82) is 0 Å². The second-order valence-corrected chi connectivity index (χ2v) is 5.21. The molecule has 2 heterocycles. The standard InChI is InChI=1S/C12H13N3O4/c1-7(16)14-6-12(2,3)18-11-5-9-8(4-10(11)14)13-19-15(9)17/h4-5H,6H2,1-3H3. The van der Waals surface area contributed by atoms with Gasteiger partial charge in [0.15, 0.2) is 0 Å². The van der Waals surface area contributed by atoms with Crippen molar-refractivity contribution in [3.05, 3.63) is 17.3 Å². The third kappa shape index (κ3) is 1.78. The van der Waals surface area contributed by atoms with E-state index < -0.39 is 5.60 Å². The average molecular weight is 263 g/mol. The van der Waals surface area contributed by atoms with E-state index in [1.807, 2.05) is 13.8 Å². The summed E-state index contributed by atoms with van der Waals surface area (Å²) in [7, 11) is 0. The Hall–Kier alpha value is -2.31. The van der Waals surface area contributed by atoms with Crippen molar-refractivity contribution in [2.24, 2.45) is 0 Å². The molecule has 0 aliphatic carbocycles. The van der Waals surface area contributed by atoms with Crippen molar-refractivity contribution < 1.29 is 19.1 Å². The molecule has 0 saturated carbocycles. The molecule has 1 amide bonds. The van der Waals surface area contributed by atoms with Crippen LogP contribution in [0.5, 0.6) is 5.75 Å². The van der Waals surface area contributed by atoms with Crippen LogP contribution in [0.4, 0.5) is 5.69 Å². The van der Waals surface area contributed by atoms with E-state index in [1.54, 1.807) is 17.0 Å². The minimum atomic E-state index is -0.517. The SMILES string of the molecule is CC(=O)N1CC(C)(C)Oc2cc3c(cc21)no[n+]3[O-]. The largest absolute Gasteiger partial charge is 0.484 e. The Labute approximate surface area is 108 Å². The zero-order valence-corrected chi connectivity index (χ0v) is 10.8. The highest BCUT2D eigenvalue weighted by atomic mass is 16.8. The van der Waals surface area contributed by atoms with Gasteiger partial charge in [0.2, 0.25) is 11.4 Å². The molecule has 0 atom stereocenters. The topological polar surface area (TPSA) is 82.5 Å². The Bertz CT molecular complexity index is 677. The summed E-state index contributed by atoms with van der Waals surface area (Å²) in [6.45, 7) is 5.70. The molecular weight excluding hydrogens is 250 g/mol. The van der Waals surface area contributed by atoms with E-state index in [0.29, 0.717) is 28.4 Å². The Balaban J connectivity index is 2.24. The molecule has 0 unspecified atom stereocenters. The van der Waals surface area contributed by atoms with E-state index in [1.165, 1.54) is 6.92 Å². The number of benzene rings is 1. The summed E-state index contributed by atoms with van der Waals surface area (Å²) in [4.78, 5) is 13.7. The van der Waals surface area contributed by atoms with Crippen LogP contribution in [0.15, 0.2) is 16.8 Å². The highest BCUT2D eigenvalue weighted by Gasteiger charge is 2.35. The van der Waals surface area contributed by atoms with Gasteiger partial charge in [0.25, 0.3) is 5.52 Å². The molecule has 2 aromatic rings. The summed E-state index contributed by atoms with van der Waals surface area (Å²) in [5.74, 6) is 0.391. The van der Waals surface area contributed by atoms with Crippen LogP contribution in [0, 0.1) is 5.21 Å². The number of rotatable bonds is 0. The minimum Gasteiger partial charge on any atom is -0.484 e. The number of anilines is 1. The molecule has 100 valence electrons. The molecule has 1 aliphatic rings. The van der Waals surface area contributed by atoms with Crippen molar-refractivity contribution >= 4 is 22.6 Å². The molecule has 0 spiro atoms. The summed E-state index contributed by atoms with van der Waals surface area (Å²) >= 11 is 0. The Morgan fingerprint density at radius 3 is 2.95 bits per heavy atom. The zero-order chi connectivity index (χ0) is 13.8. The number of ether oxygens (including phenoxy) is 1. The lowest BCUT2D eigenvalue weighted by molar-refractivity contribution is -0.782. The normalized spacial score (nSPS) is 17.1. The highest BCUT2D eigenvalue weighted by Crippen LogP contribution is 2.38. The first-order chi connectivity index (χ1) is 8.87. The first-order valence-corrected chi connectivity index (χ1v) is 5.88. The van der Waals surface area contributed by atoms with Crippen LogP contribution in [-0.4, -0.2) is 23.2 Å². The maximum absolute atomic E-state index is 11.8. The Morgan fingerprint density at radius 2 is 2.26 bits per heavy atom. The second-order valence-electron chi connectivity index (χ2n) is 5.21. The van der Waals surface area contributed by atoms with Crippen molar-refractivity contribution in [2.75, 3.05) is 11.4 Å².